The minimum Gasteiger partial charge on any atom is -0.393 e. The Bertz CT molecular complexity index is 51.5. The molecule has 0 unspecified atom stereocenters. The van der Waals surface area contributed by atoms with E-state index < -0.39 is 0 Å². The van der Waals surface area contributed by atoms with Gasteiger partial charge in [0, 0.05) is 13.2 Å². The minimum absolute atomic E-state index is 0.102. The average molecular weight is 162 g/mol. The van der Waals surface area contributed by atoms with Crippen molar-refractivity contribution in [3.63, 3.8) is 0 Å². The Balaban J connectivity index is 0. The van der Waals surface area contributed by atoms with Crippen molar-refractivity contribution in [2.75, 3.05) is 13.2 Å². The molecule has 0 amide bonds. The molecule has 0 radical (unpaired) electrons. The third-order valence-electron chi connectivity index (χ3n) is 1.11. The zero-order valence-corrected chi connectivity index (χ0v) is 8.26. The molecule has 1 atom stereocenters. The Labute approximate surface area is 70.6 Å². The van der Waals surface area contributed by atoms with Gasteiger partial charge in [-0.3, -0.25) is 0 Å². The summed E-state index contributed by atoms with van der Waals surface area (Å²) in [5.74, 6) is 0. The number of aliphatic hydroxyl groups is 1. The molecule has 0 aliphatic rings. The van der Waals surface area contributed by atoms with Crippen molar-refractivity contribution in [3.05, 3.63) is 0 Å². The van der Waals surface area contributed by atoms with Crippen LogP contribution in [0.25, 0.3) is 0 Å². The summed E-state index contributed by atoms with van der Waals surface area (Å²) in [7, 11) is 0. The third-order valence-corrected chi connectivity index (χ3v) is 1.11. The highest BCUT2D eigenvalue weighted by Gasteiger charge is 1.87. The topological polar surface area (TPSA) is 29.5 Å². The van der Waals surface area contributed by atoms with Crippen molar-refractivity contribution < 1.29 is 9.84 Å². The first-order chi connectivity index (χ1) is 5.18. The number of ether oxygens (including phenoxy) is 1. The van der Waals surface area contributed by atoms with Crippen LogP contribution in [0.1, 0.15) is 40.5 Å². The molecule has 2 nitrogen and oxygen atoms in total. The Morgan fingerprint density at radius 1 is 1.18 bits per heavy atom. The van der Waals surface area contributed by atoms with E-state index in [1.807, 2.05) is 20.8 Å². The van der Waals surface area contributed by atoms with Crippen LogP contribution in [0.5, 0.6) is 0 Å². The SMILES string of the molecule is CCC[C@H](C)O.CCOCC. The lowest BCUT2D eigenvalue weighted by Crippen LogP contribution is -1.95. The third kappa shape index (κ3) is 25.7. The number of rotatable bonds is 4. The molecular formula is C9H22O2. The van der Waals surface area contributed by atoms with Gasteiger partial charge in [-0.15, -0.1) is 0 Å². The summed E-state index contributed by atoms with van der Waals surface area (Å²) >= 11 is 0. The van der Waals surface area contributed by atoms with Gasteiger partial charge in [-0.2, -0.15) is 0 Å². The van der Waals surface area contributed by atoms with E-state index in [4.69, 9.17) is 9.84 Å². The summed E-state index contributed by atoms with van der Waals surface area (Å²) in [6, 6.07) is 0. The summed E-state index contributed by atoms with van der Waals surface area (Å²) in [4.78, 5) is 0. The maximum Gasteiger partial charge on any atom is 0.0512 e. The zero-order valence-electron chi connectivity index (χ0n) is 8.26. The molecule has 1 N–H and O–H groups in total. The van der Waals surface area contributed by atoms with Crippen molar-refractivity contribution in [2.45, 2.75) is 46.6 Å². The van der Waals surface area contributed by atoms with Crippen molar-refractivity contribution in [3.8, 4) is 0 Å². The van der Waals surface area contributed by atoms with Gasteiger partial charge in [0.25, 0.3) is 0 Å². The maximum atomic E-state index is 8.55. The van der Waals surface area contributed by atoms with Gasteiger partial charge in [-0.1, -0.05) is 13.3 Å². The van der Waals surface area contributed by atoms with E-state index in [-0.39, 0.29) is 6.10 Å². The van der Waals surface area contributed by atoms with Crippen LogP contribution in [0.15, 0.2) is 0 Å². The lowest BCUT2D eigenvalue weighted by Gasteiger charge is -1.95. The van der Waals surface area contributed by atoms with Crippen LogP contribution < -0.4 is 0 Å². The van der Waals surface area contributed by atoms with Gasteiger partial charge in [0.15, 0.2) is 0 Å². The van der Waals surface area contributed by atoms with Gasteiger partial charge in [0.2, 0.25) is 0 Å². The molecule has 0 saturated carbocycles. The Morgan fingerprint density at radius 3 is 1.64 bits per heavy atom. The first kappa shape index (κ1) is 13.5. The number of aliphatic hydroxyl groups excluding tert-OH is 1. The van der Waals surface area contributed by atoms with Gasteiger partial charge < -0.3 is 9.84 Å². The molecule has 0 aromatic heterocycles. The summed E-state index contributed by atoms with van der Waals surface area (Å²) in [6.07, 6.45) is 1.91. The molecular weight excluding hydrogens is 140 g/mol. The van der Waals surface area contributed by atoms with Crippen molar-refractivity contribution in [1.82, 2.24) is 0 Å². The van der Waals surface area contributed by atoms with Crippen LogP contribution >= 0.6 is 0 Å². The molecule has 11 heavy (non-hydrogen) atoms. The molecule has 0 aliphatic carbocycles. The highest BCUT2D eigenvalue weighted by atomic mass is 16.5. The molecule has 0 aromatic rings. The fourth-order valence-electron chi connectivity index (χ4n) is 0.622. The smallest absolute Gasteiger partial charge is 0.0512 e. The van der Waals surface area contributed by atoms with Crippen molar-refractivity contribution in [2.24, 2.45) is 0 Å². The monoisotopic (exact) mass is 162 g/mol. The van der Waals surface area contributed by atoms with E-state index in [0.717, 1.165) is 26.1 Å². The van der Waals surface area contributed by atoms with Crippen molar-refractivity contribution >= 4 is 0 Å². The number of hydrogen-bond acceptors (Lipinski definition) is 2. The van der Waals surface area contributed by atoms with E-state index in [9.17, 15) is 0 Å². The normalized spacial score (nSPS) is 11.7. The molecule has 2 heteroatoms. The van der Waals surface area contributed by atoms with Gasteiger partial charge in [0.1, 0.15) is 0 Å². The molecule has 0 fully saturated rings. The fraction of sp³-hybridized carbons (Fsp3) is 1.00. The first-order valence-corrected chi connectivity index (χ1v) is 4.44. The van der Waals surface area contributed by atoms with Crippen LogP contribution in [0.2, 0.25) is 0 Å². The maximum absolute atomic E-state index is 8.55. The summed E-state index contributed by atoms with van der Waals surface area (Å²) in [5.41, 5.74) is 0. The molecule has 0 aromatic carbocycles. The molecule has 0 saturated heterocycles. The van der Waals surface area contributed by atoms with E-state index in [2.05, 4.69) is 6.92 Å². The fourth-order valence-corrected chi connectivity index (χ4v) is 0.622. The second-order valence-corrected chi connectivity index (χ2v) is 2.42. The highest BCUT2D eigenvalue weighted by Crippen LogP contribution is 1.91. The molecule has 70 valence electrons. The standard InChI is InChI=1S/C5H12O.C4H10O/c1-3-4-5(2)6;1-3-5-4-2/h5-6H,3-4H2,1-2H3;3-4H2,1-2H3/t5-;/m0./s1. The van der Waals surface area contributed by atoms with Crippen LogP contribution in [-0.4, -0.2) is 24.4 Å². The van der Waals surface area contributed by atoms with Crippen LogP contribution in [0.3, 0.4) is 0 Å². The quantitative estimate of drug-likeness (QED) is 0.686. The number of hydrogen-bond donors (Lipinski definition) is 1. The van der Waals surface area contributed by atoms with Crippen LogP contribution in [-0.2, 0) is 4.74 Å². The highest BCUT2D eigenvalue weighted by molar-refractivity contribution is 4.40. The van der Waals surface area contributed by atoms with Crippen LogP contribution in [0.4, 0.5) is 0 Å². The Morgan fingerprint density at radius 2 is 1.64 bits per heavy atom. The summed E-state index contributed by atoms with van der Waals surface area (Å²) in [5, 5.41) is 8.55. The lowest BCUT2D eigenvalue weighted by atomic mass is 10.2. The van der Waals surface area contributed by atoms with Gasteiger partial charge in [0.05, 0.1) is 6.10 Å². The predicted molar refractivity (Wildman–Crippen MR) is 48.8 cm³/mol. The Hall–Kier alpha value is -0.0800. The van der Waals surface area contributed by atoms with Gasteiger partial charge in [-0.05, 0) is 27.2 Å². The molecule has 0 rings (SSSR count). The van der Waals surface area contributed by atoms with E-state index in [1.54, 1.807) is 0 Å². The second kappa shape index (κ2) is 12.6. The van der Waals surface area contributed by atoms with E-state index in [1.165, 1.54) is 0 Å². The van der Waals surface area contributed by atoms with Crippen molar-refractivity contribution in [1.29, 1.82) is 0 Å². The second-order valence-electron chi connectivity index (χ2n) is 2.42. The minimum atomic E-state index is -0.102. The molecule has 0 heterocycles. The van der Waals surface area contributed by atoms with Gasteiger partial charge >= 0.3 is 0 Å². The predicted octanol–water partition coefficient (Wildman–Crippen LogP) is 2.21. The molecule has 0 bridgehead atoms. The Kier molecular flexibility index (Phi) is 15.4. The first-order valence-electron chi connectivity index (χ1n) is 4.44. The largest absolute Gasteiger partial charge is 0.393 e. The van der Waals surface area contributed by atoms with E-state index in [0.29, 0.717) is 0 Å². The summed E-state index contributed by atoms with van der Waals surface area (Å²) in [6.45, 7) is 9.54. The summed E-state index contributed by atoms with van der Waals surface area (Å²) < 4.78 is 4.83. The molecule has 0 spiro atoms. The zero-order chi connectivity index (χ0) is 9.11. The van der Waals surface area contributed by atoms with Gasteiger partial charge in [-0.25, -0.2) is 0 Å². The average Bonchev–Trinajstić information content (AvgIpc) is 1.90. The van der Waals surface area contributed by atoms with Crippen LogP contribution in [0, 0.1) is 0 Å². The molecule has 0 aliphatic heterocycles. The lowest BCUT2D eigenvalue weighted by molar-refractivity contribution is 0.162. The van der Waals surface area contributed by atoms with E-state index >= 15 is 0 Å².